The van der Waals surface area contributed by atoms with Gasteiger partial charge in [-0.15, -0.1) is 0 Å². The number of aliphatic hydroxyl groups excluding tert-OH is 1. The first kappa shape index (κ1) is 26.8. The van der Waals surface area contributed by atoms with Crippen molar-refractivity contribution in [2.45, 2.75) is 13.8 Å². The van der Waals surface area contributed by atoms with Gasteiger partial charge in [-0.1, -0.05) is 12.1 Å². The average Bonchev–Trinajstić information content (AvgIpc) is 2.98. The largest absolute Gasteiger partial charge is 0.507 e. The molecule has 1 fully saturated rings. The highest BCUT2D eigenvalue weighted by Crippen LogP contribution is 2.30. The summed E-state index contributed by atoms with van der Waals surface area (Å²) in [5.74, 6) is 0.738. The summed E-state index contributed by atoms with van der Waals surface area (Å²) in [6, 6.07) is 16.3. The molecule has 9 heteroatoms. The Kier molecular flexibility index (Phi) is 7.46. The lowest BCUT2D eigenvalue weighted by molar-refractivity contribution is 0.0747. The minimum absolute atomic E-state index is 0.0430. The Morgan fingerprint density at radius 3 is 2.40 bits per heavy atom. The maximum atomic E-state index is 13.3. The summed E-state index contributed by atoms with van der Waals surface area (Å²) in [4.78, 5) is 37.5. The van der Waals surface area contributed by atoms with Crippen molar-refractivity contribution >= 4 is 34.5 Å². The number of aromatic nitrogens is 2. The molecule has 206 valence electrons. The highest BCUT2D eigenvalue weighted by molar-refractivity contribution is 5.97. The first-order valence-corrected chi connectivity index (χ1v) is 13.1. The summed E-state index contributed by atoms with van der Waals surface area (Å²) in [6.07, 6.45) is 1.30. The van der Waals surface area contributed by atoms with Crippen LogP contribution in [-0.2, 0) is 0 Å². The molecule has 0 saturated carbocycles. The molecule has 1 aliphatic rings. The van der Waals surface area contributed by atoms with Crippen LogP contribution in [0.2, 0.25) is 0 Å². The first-order valence-electron chi connectivity index (χ1n) is 13.1. The van der Waals surface area contributed by atoms with Crippen LogP contribution in [0, 0.1) is 13.8 Å². The zero-order chi connectivity index (χ0) is 28.4. The SMILES string of the molecule is COc1ccc(/C(O)=C/c2nc3ccc(C(=O)N4CCN(c5cccc(C)c5C)CC4)cc3[nH]c2=O)cc1OC. The van der Waals surface area contributed by atoms with Gasteiger partial charge in [0, 0.05) is 49.1 Å². The Labute approximate surface area is 232 Å². The fraction of sp³-hybridized carbons (Fsp3) is 0.258. The van der Waals surface area contributed by atoms with Gasteiger partial charge in [0.2, 0.25) is 0 Å². The molecule has 9 nitrogen and oxygen atoms in total. The maximum Gasteiger partial charge on any atom is 0.274 e. The minimum atomic E-state index is -0.480. The van der Waals surface area contributed by atoms with Gasteiger partial charge in [0.05, 0.1) is 25.3 Å². The number of aliphatic hydroxyl groups is 1. The number of anilines is 1. The quantitative estimate of drug-likeness (QED) is 0.345. The molecule has 0 bridgehead atoms. The predicted octanol–water partition coefficient (Wildman–Crippen LogP) is 4.58. The number of hydrogen-bond acceptors (Lipinski definition) is 7. The zero-order valence-electron chi connectivity index (χ0n) is 23.0. The monoisotopic (exact) mass is 540 g/mol. The molecule has 4 aromatic rings. The van der Waals surface area contributed by atoms with Gasteiger partial charge in [0.15, 0.2) is 11.5 Å². The van der Waals surface area contributed by atoms with E-state index in [9.17, 15) is 14.7 Å². The fourth-order valence-electron chi connectivity index (χ4n) is 4.95. The van der Waals surface area contributed by atoms with Crippen LogP contribution in [0.3, 0.4) is 0 Å². The number of carbonyl (C=O) groups is 1. The number of aryl methyl sites for hydroxylation is 1. The first-order chi connectivity index (χ1) is 19.3. The van der Waals surface area contributed by atoms with Crippen LogP contribution in [0.4, 0.5) is 5.69 Å². The third kappa shape index (κ3) is 5.22. The molecule has 1 aromatic heterocycles. The van der Waals surface area contributed by atoms with Crippen molar-refractivity contribution in [2.75, 3.05) is 45.3 Å². The number of piperazine rings is 1. The second-order valence-corrected chi connectivity index (χ2v) is 9.78. The molecular weight excluding hydrogens is 508 g/mol. The highest BCUT2D eigenvalue weighted by atomic mass is 16.5. The van der Waals surface area contributed by atoms with E-state index in [1.54, 1.807) is 36.4 Å². The van der Waals surface area contributed by atoms with E-state index in [1.807, 2.05) is 4.90 Å². The molecule has 0 unspecified atom stereocenters. The number of amides is 1. The van der Waals surface area contributed by atoms with E-state index in [0.29, 0.717) is 46.7 Å². The number of ether oxygens (including phenoxy) is 2. The fourth-order valence-corrected chi connectivity index (χ4v) is 4.95. The maximum absolute atomic E-state index is 13.3. The molecule has 40 heavy (non-hydrogen) atoms. The predicted molar refractivity (Wildman–Crippen MR) is 156 cm³/mol. The molecule has 1 aliphatic heterocycles. The number of fused-ring (bicyclic) bond motifs is 1. The molecule has 5 rings (SSSR count). The lowest BCUT2D eigenvalue weighted by atomic mass is 10.1. The van der Waals surface area contributed by atoms with Crippen molar-refractivity contribution in [3.8, 4) is 11.5 Å². The van der Waals surface area contributed by atoms with Gasteiger partial charge in [0.25, 0.3) is 11.5 Å². The van der Waals surface area contributed by atoms with Crippen molar-refractivity contribution < 1.29 is 19.4 Å². The van der Waals surface area contributed by atoms with E-state index in [0.717, 1.165) is 13.1 Å². The second kappa shape index (κ2) is 11.1. The summed E-state index contributed by atoms with van der Waals surface area (Å²) >= 11 is 0. The Balaban J connectivity index is 1.33. The molecule has 0 radical (unpaired) electrons. The van der Waals surface area contributed by atoms with E-state index in [1.165, 1.54) is 37.1 Å². The highest BCUT2D eigenvalue weighted by Gasteiger charge is 2.23. The zero-order valence-corrected chi connectivity index (χ0v) is 23.0. The lowest BCUT2D eigenvalue weighted by Gasteiger charge is -2.37. The Morgan fingerprint density at radius 1 is 0.950 bits per heavy atom. The van der Waals surface area contributed by atoms with Gasteiger partial charge in [-0.3, -0.25) is 9.59 Å². The smallest absolute Gasteiger partial charge is 0.274 e. The summed E-state index contributed by atoms with van der Waals surface area (Å²) in [5, 5.41) is 10.7. The summed E-state index contributed by atoms with van der Waals surface area (Å²) in [7, 11) is 3.03. The minimum Gasteiger partial charge on any atom is -0.507 e. The van der Waals surface area contributed by atoms with Gasteiger partial charge in [-0.05, 0) is 67.4 Å². The Hall–Kier alpha value is -4.79. The van der Waals surface area contributed by atoms with Crippen LogP contribution in [0.15, 0.2) is 59.4 Å². The number of nitrogens with one attached hydrogen (secondary N) is 1. The number of rotatable bonds is 6. The number of benzene rings is 3. The van der Waals surface area contributed by atoms with Gasteiger partial charge >= 0.3 is 0 Å². The van der Waals surface area contributed by atoms with Crippen molar-refractivity contribution in [3.63, 3.8) is 0 Å². The number of methoxy groups -OCH3 is 2. The van der Waals surface area contributed by atoms with Crippen molar-refractivity contribution in [1.29, 1.82) is 0 Å². The van der Waals surface area contributed by atoms with Gasteiger partial charge in [-0.25, -0.2) is 4.98 Å². The number of hydrogen-bond donors (Lipinski definition) is 2. The Morgan fingerprint density at radius 2 is 1.68 bits per heavy atom. The van der Waals surface area contributed by atoms with Gasteiger partial charge in [0.1, 0.15) is 11.5 Å². The van der Waals surface area contributed by atoms with E-state index < -0.39 is 5.56 Å². The molecule has 3 aromatic carbocycles. The standard InChI is InChI=1S/C31H32N4O5/c1-19-6-5-7-26(20(19)2)34-12-14-35(15-13-34)31(38)22-8-10-23-24(16-22)33-30(37)25(32-23)18-27(36)21-9-11-28(39-3)29(17-21)40-4/h5-11,16-18,36H,12-15H2,1-4H3,(H,33,37)/b27-18-. The van der Waals surface area contributed by atoms with Crippen molar-refractivity contribution in [2.24, 2.45) is 0 Å². The topological polar surface area (TPSA) is 108 Å². The summed E-state index contributed by atoms with van der Waals surface area (Å²) in [5.41, 5.74) is 5.18. The van der Waals surface area contributed by atoms with Crippen LogP contribution < -0.4 is 19.9 Å². The number of carbonyl (C=O) groups excluding carboxylic acids is 1. The average molecular weight is 541 g/mol. The van der Waals surface area contributed by atoms with Crippen LogP contribution in [-0.4, -0.2) is 66.3 Å². The Bertz CT molecular complexity index is 1670. The molecule has 2 N–H and O–H groups in total. The van der Waals surface area contributed by atoms with Crippen LogP contribution in [0.1, 0.15) is 32.7 Å². The van der Waals surface area contributed by atoms with E-state index in [2.05, 4.69) is 46.9 Å². The molecule has 0 atom stereocenters. The summed E-state index contributed by atoms with van der Waals surface area (Å²) in [6.45, 7) is 6.96. The number of H-pyrrole nitrogens is 1. The van der Waals surface area contributed by atoms with E-state index >= 15 is 0 Å². The lowest BCUT2D eigenvalue weighted by Crippen LogP contribution is -2.49. The third-order valence-electron chi connectivity index (χ3n) is 7.40. The summed E-state index contributed by atoms with van der Waals surface area (Å²) < 4.78 is 10.5. The van der Waals surface area contributed by atoms with Crippen LogP contribution in [0.25, 0.3) is 22.9 Å². The number of nitrogens with zero attached hydrogens (tertiary/aromatic N) is 3. The molecule has 0 spiro atoms. The second-order valence-electron chi connectivity index (χ2n) is 9.78. The van der Waals surface area contributed by atoms with E-state index in [4.69, 9.17) is 9.47 Å². The molecular formula is C31H32N4O5. The molecule has 1 amide bonds. The van der Waals surface area contributed by atoms with Crippen LogP contribution >= 0.6 is 0 Å². The molecule has 1 saturated heterocycles. The normalized spacial score (nSPS) is 13.9. The van der Waals surface area contributed by atoms with Crippen LogP contribution in [0.5, 0.6) is 11.5 Å². The molecule has 2 heterocycles. The third-order valence-corrected chi connectivity index (χ3v) is 7.40. The van der Waals surface area contributed by atoms with E-state index in [-0.39, 0.29) is 17.4 Å². The van der Waals surface area contributed by atoms with Gasteiger partial charge in [-0.2, -0.15) is 0 Å². The number of aromatic amines is 1. The van der Waals surface area contributed by atoms with Crippen molar-refractivity contribution in [1.82, 2.24) is 14.9 Å². The molecule has 0 aliphatic carbocycles. The van der Waals surface area contributed by atoms with Crippen molar-refractivity contribution in [3.05, 3.63) is 92.9 Å². The van der Waals surface area contributed by atoms with Gasteiger partial charge < -0.3 is 29.4 Å².